The summed E-state index contributed by atoms with van der Waals surface area (Å²) in [5, 5.41) is 0. The topological polar surface area (TPSA) is 18.5 Å². The molecule has 1 rings (SSSR count). The maximum absolute atomic E-state index is 5.30. The lowest BCUT2D eigenvalue weighted by Crippen LogP contribution is -2.13. The van der Waals surface area contributed by atoms with Crippen LogP contribution in [0.5, 0.6) is 0 Å². The summed E-state index contributed by atoms with van der Waals surface area (Å²) in [6.07, 6.45) is 3.82. The Morgan fingerprint density at radius 1 is 1.00 bits per heavy atom. The second kappa shape index (κ2) is 3.30. The van der Waals surface area contributed by atoms with Gasteiger partial charge in [0.1, 0.15) is 13.2 Å². The van der Waals surface area contributed by atoms with Crippen LogP contribution in [0.15, 0.2) is 23.7 Å². The predicted molar refractivity (Wildman–Crippen MR) is 39.4 cm³/mol. The average Bonchev–Trinajstić information content (AvgIpc) is 2.04. The van der Waals surface area contributed by atoms with Crippen LogP contribution < -0.4 is 0 Å². The molecular formula is C8H12O2. The maximum Gasteiger partial charge on any atom is 0.156 e. The third kappa shape index (κ3) is 1.32. The van der Waals surface area contributed by atoms with Crippen molar-refractivity contribution in [3.05, 3.63) is 23.7 Å². The normalized spacial score (nSPS) is 26.2. The lowest BCUT2D eigenvalue weighted by atomic mass is 10.3. The van der Waals surface area contributed by atoms with Crippen molar-refractivity contribution in [2.24, 2.45) is 0 Å². The zero-order valence-electron chi connectivity index (χ0n) is 6.39. The van der Waals surface area contributed by atoms with Crippen molar-refractivity contribution in [2.75, 3.05) is 13.2 Å². The van der Waals surface area contributed by atoms with E-state index in [0.29, 0.717) is 13.2 Å². The number of ether oxygens (including phenoxy) is 2. The number of rotatable bonds is 0. The zero-order valence-corrected chi connectivity index (χ0v) is 6.39. The average molecular weight is 140 g/mol. The highest BCUT2D eigenvalue weighted by Gasteiger charge is 2.10. The number of hydrogen-bond acceptors (Lipinski definition) is 2. The van der Waals surface area contributed by atoms with Crippen LogP contribution in [-0.4, -0.2) is 13.2 Å². The Morgan fingerprint density at radius 2 is 1.40 bits per heavy atom. The monoisotopic (exact) mass is 140 g/mol. The molecule has 1 heterocycles. The van der Waals surface area contributed by atoms with Gasteiger partial charge in [-0.1, -0.05) is 0 Å². The molecule has 0 aliphatic carbocycles. The van der Waals surface area contributed by atoms with Crippen LogP contribution in [0.25, 0.3) is 0 Å². The van der Waals surface area contributed by atoms with E-state index in [9.17, 15) is 0 Å². The Kier molecular flexibility index (Phi) is 2.37. The van der Waals surface area contributed by atoms with Gasteiger partial charge >= 0.3 is 0 Å². The zero-order chi connectivity index (χ0) is 7.40. The minimum absolute atomic E-state index is 0.664. The molecule has 1 aliphatic heterocycles. The fraction of sp³-hybridized carbons (Fsp3) is 0.500. The summed E-state index contributed by atoms with van der Waals surface area (Å²) < 4.78 is 10.6. The van der Waals surface area contributed by atoms with Crippen LogP contribution in [0.2, 0.25) is 0 Å². The van der Waals surface area contributed by atoms with Crippen molar-refractivity contribution in [1.29, 1.82) is 0 Å². The first-order valence-corrected chi connectivity index (χ1v) is 3.47. The summed E-state index contributed by atoms with van der Waals surface area (Å²) in [5.41, 5.74) is 0. The second-order valence-corrected chi connectivity index (χ2v) is 2.00. The van der Waals surface area contributed by atoms with Gasteiger partial charge in [-0.2, -0.15) is 0 Å². The van der Waals surface area contributed by atoms with E-state index in [4.69, 9.17) is 9.47 Å². The van der Waals surface area contributed by atoms with Gasteiger partial charge in [-0.3, -0.25) is 0 Å². The molecule has 0 bridgehead atoms. The molecule has 0 saturated carbocycles. The molecule has 0 unspecified atom stereocenters. The van der Waals surface area contributed by atoms with Crippen LogP contribution in [0.1, 0.15) is 13.8 Å². The van der Waals surface area contributed by atoms with Gasteiger partial charge in [0.05, 0.1) is 0 Å². The molecular weight excluding hydrogens is 128 g/mol. The molecule has 10 heavy (non-hydrogen) atoms. The van der Waals surface area contributed by atoms with E-state index < -0.39 is 0 Å². The predicted octanol–water partition coefficient (Wildman–Crippen LogP) is 1.84. The summed E-state index contributed by atoms with van der Waals surface area (Å²) in [4.78, 5) is 0. The highest BCUT2D eigenvalue weighted by atomic mass is 16.6. The Labute approximate surface area is 61.1 Å². The highest BCUT2D eigenvalue weighted by Crippen LogP contribution is 2.16. The fourth-order valence-corrected chi connectivity index (χ4v) is 0.897. The van der Waals surface area contributed by atoms with Crippen LogP contribution in [-0.2, 0) is 9.47 Å². The smallest absolute Gasteiger partial charge is 0.156 e. The molecule has 1 aliphatic rings. The molecule has 1 saturated heterocycles. The Balaban J connectivity index is 2.69. The summed E-state index contributed by atoms with van der Waals surface area (Å²) >= 11 is 0. The van der Waals surface area contributed by atoms with Crippen molar-refractivity contribution in [3.8, 4) is 0 Å². The largest absolute Gasteiger partial charge is 0.487 e. The van der Waals surface area contributed by atoms with Gasteiger partial charge in [0.2, 0.25) is 0 Å². The van der Waals surface area contributed by atoms with Gasteiger partial charge in [-0.05, 0) is 26.0 Å². The summed E-state index contributed by atoms with van der Waals surface area (Å²) in [6.45, 7) is 5.20. The standard InChI is InChI=1S/C8H12O2/c1-3-7-8(4-2)10-6-5-9-7/h3-4H,5-6H2,1-2H3/b7-3+,8-4+. The van der Waals surface area contributed by atoms with E-state index in [2.05, 4.69) is 0 Å². The minimum atomic E-state index is 0.664. The molecule has 0 aromatic heterocycles. The molecule has 0 radical (unpaired) electrons. The van der Waals surface area contributed by atoms with Gasteiger partial charge in [-0.15, -0.1) is 0 Å². The Bertz CT molecular complexity index is 148. The van der Waals surface area contributed by atoms with E-state index in [0.717, 1.165) is 11.5 Å². The van der Waals surface area contributed by atoms with Crippen LogP contribution in [0, 0.1) is 0 Å². The molecule has 56 valence electrons. The third-order valence-corrected chi connectivity index (χ3v) is 1.37. The molecule has 0 spiro atoms. The van der Waals surface area contributed by atoms with Gasteiger partial charge in [0, 0.05) is 0 Å². The van der Waals surface area contributed by atoms with Crippen molar-refractivity contribution in [1.82, 2.24) is 0 Å². The summed E-state index contributed by atoms with van der Waals surface area (Å²) in [5.74, 6) is 1.71. The lowest BCUT2D eigenvalue weighted by molar-refractivity contribution is 0.0591. The number of allylic oxidation sites excluding steroid dienone is 2. The van der Waals surface area contributed by atoms with Crippen molar-refractivity contribution < 1.29 is 9.47 Å². The summed E-state index contributed by atoms with van der Waals surface area (Å²) in [7, 11) is 0. The molecule has 0 amide bonds. The fourth-order valence-electron chi connectivity index (χ4n) is 0.897. The van der Waals surface area contributed by atoms with Crippen LogP contribution >= 0.6 is 0 Å². The lowest BCUT2D eigenvalue weighted by Gasteiger charge is -2.19. The van der Waals surface area contributed by atoms with E-state index in [1.54, 1.807) is 0 Å². The first-order valence-electron chi connectivity index (χ1n) is 3.47. The molecule has 0 N–H and O–H groups in total. The van der Waals surface area contributed by atoms with E-state index in [1.807, 2.05) is 26.0 Å². The van der Waals surface area contributed by atoms with Crippen molar-refractivity contribution >= 4 is 0 Å². The summed E-state index contributed by atoms with van der Waals surface area (Å²) in [6, 6.07) is 0. The number of hydrogen-bond donors (Lipinski definition) is 0. The third-order valence-electron chi connectivity index (χ3n) is 1.37. The van der Waals surface area contributed by atoms with Crippen LogP contribution in [0.4, 0.5) is 0 Å². The second-order valence-electron chi connectivity index (χ2n) is 2.00. The molecule has 2 nitrogen and oxygen atoms in total. The Hall–Kier alpha value is -0.920. The highest BCUT2D eigenvalue weighted by molar-refractivity contribution is 5.19. The SMILES string of the molecule is C/C=C1/OCCO/C1=C/C. The molecule has 0 atom stereocenters. The molecule has 2 heteroatoms. The first kappa shape index (κ1) is 7.19. The van der Waals surface area contributed by atoms with Crippen LogP contribution in [0.3, 0.4) is 0 Å². The molecule has 0 aromatic carbocycles. The van der Waals surface area contributed by atoms with Gasteiger partial charge in [-0.25, -0.2) is 0 Å². The van der Waals surface area contributed by atoms with E-state index in [1.165, 1.54) is 0 Å². The first-order chi connectivity index (χ1) is 4.88. The quantitative estimate of drug-likeness (QED) is 0.511. The Morgan fingerprint density at radius 3 is 1.70 bits per heavy atom. The van der Waals surface area contributed by atoms with E-state index in [-0.39, 0.29) is 0 Å². The van der Waals surface area contributed by atoms with Crippen molar-refractivity contribution in [3.63, 3.8) is 0 Å². The van der Waals surface area contributed by atoms with E-state index >= 15 is 0 Å². The van der Waals surface area contributed by atoms with Gasteiger partial charge in [0.25, 0.3) is 0 Å². The molecule has 1 fully saturated rings. The molecule has 0 aromatic rings. The maximum atomic E-state index is 5.30. The van der Waals surface area contributed by atoms with Crippen molar-refractivity contribution in [2.45, 2.75) is 13.8 Å². The minimum Gasteiger partial charge on any atom is -0.487 e. The van der Waals surface area contributed by atoms with Gasteiger partial charge in [0.15, 0.2) is 11.5 Å². The van der Waals surface area contributed by atoms with Gasteiger partial charge < -0.3 is 9.47 Å².